The van der Waals surface area contributed by atoms with Gasteiger partial charge in [0.25, 0.3) is 0 Å². The molecule has 0 aliphatic carbocycles. The van der Waals surface area contributed by atoms with Crippen molar-refractivity contribution in [1.29, 1.82) is 0 Å². The highest BCUT2D eigenvalue weighted by Crippen LogP contribution is 2.13. The second-order valence-electron chi connectivity index (χ2n) is 4.29. The number of halogens is 1. The van der Waals surface area contributed by atoms with Gasteiger partial charge in [-0.3, -0.25) is 4.79 Å². The Balaban J connectivity index is 1.98. The fraction of sp³-hybridized carbons (Fsp3) is 0.267. The first kappa shape index (κ1) is 13.7. The molecule has 0 saturated carbocycles. The quantitative estimate of drug-likeness (QED) is 0.819. The van der Waals surface area contributed by atoms with Gasteiger partial charge in [0.2, 0.25) is 5.91 Å². The summed E-state index contributed by atoms with van der Waals surface area (Å²) in [5.74, 6) is -0.204. The Hall–Kier alpha value is -1.68. The summed E-state index contributed by atoms with van der Waals surface area (Å²) in [6.45, 7) is 3.29. The lowest BCUT2D eigenvalue weighted by Gasteiger charge is -2.20. The number of amides is 1. The van der Waals surface area contributed by atoms with Gasteiger partial charge < -0.3 is 4.90 Å². The van der Waals surface area contributed by atoms with Crippen molar-refractivity contribution < 1.29 is 9.18 Å². The lowest BCUT2D eigenvalue weighted by atomic mass is 10.1. The van der Waals surface area contributed by atoms with E-state index in [1.807, 2.05) is 29.3 Å². The third-order valence-electron chi connectivity index (χ3n) is 2.93. The first-order valence-corrected chi connectivity index (χ1v) is 7.11. The minimum absolute atomic E-state index is 0.0718. The van der Waals surface area contributed by atoms with Gasteiger partial charge in [0, 0.05) is 11.4 Å². The van der Waals surface area contributed by atoms with Crippen molar-refractivity contribution in [1.82, 2.24) is 4.90 Å². The summed E-state index contributed by atoms with van der Waals surface area (Å²) >= 11 is 1.65. The summed E-state index contributed by atoms with van der Waals surface area (Å²) in [5, 5.41) is 2.01. The van der Waals surface area contributed by atoms with Gasteiger partial charge in [0.1, 0.15) is 5.82 Å². The van der Waals surface area contributed by atoms with Crippen LogP contribution in [0, 0.1) is 5.82 Å². The smallest absolute Gasteiger partial charge is 0.227 e. The first-order chi connectivity index (χ1) is 9.19. The van der Waals surface area contributed by atoms with Gasteiger partial charge in [-0.1, -0.05) is 18.2 Å². The van der Waals surface area contributed by atoms with Crippen LogP contribution in [0.25, 0.3) is 0 Å². The number of rotatable bonds is 5. The van der Waals surface area contributed by atoms with Gasteiger partial charge in [-0.15, -0.1) is 11.3 Å². The van der Waals surface area contributed by atoms with E-state index in [2.05, 4.69) is 0 Å². The fourth-order valence-electron chi connectivity index (χ4n) is 1.86. The summed E-state index contributed by atoms with van der Waals surface area (Å²) in [7, 11) is 0. The molecule has 1 aromatic carbocycles. The van der Waals surface area contributed by atoms with Crippen LogP contribution >= 0.6 is 11.3 Å². The monoisotopic (exact) mass is 277 g/mol. The topological polar surface area (TPSA) is 20.3 Å². The maximum absolute atomic E-state index is 12.8. The van der Waals surface area contributed by atoms with E-state index in [1.165, 1.54) is 17.0 Å². The van der Waals surface area contributed by atoms with Crippen LogP contribution in [0.5, 0.6) is 0 Å². The zero-order valence-electron chi connectivity index (χ0n) is 10.8. The lowest BCUT2D eigenvalue weighted by Crippen LogP contribution is -2.31. The van der Waals surface area contributed by atoms with Gasteiger partial charge in [-0.2, -0.15) is 0 Å². The number of nitrogens with zero attached hydrogens (tertiary/aromatic N) is 1. The molecule has 19 heavy (non-hydrogen) atoms. The Morgan fingerprint density at radius 1 is 1.26 bits per heavy atom. The average molecular weight is 277 g/mol. The number of hydrogen-bond donors (Lipinski definition) is 0. The molecule has 0 atom stereocenters. The van der Waals surface area contributed by atoms with Crippen molar-refractivity contribution in [2.24, 2.45) is 0 Å². The van der Waals surface area contributed by atoms with Crippen molar-refractivity contribution in [2.45, 2.75) is 19.9 Å². The summed E-state index contributed by atoms with van der Waals surface area (Å²) in [6.07, 6.45) is 0.319. The van der Waals surface area contributed by atoms with Crippen molar-refractivity contribution in [3.63, 3.8) is 0 Å². The third-order valence-corrected chi connectivity index (χ3v) is 3.79. The van der Waals surface area contributed by atoms with Crippen LogP contribution in [0.2, 0.25) is 0 Å². The molecule has 2 nitrogen and oxygen atoms in total. The number of benzene rings is 1. The van der Waals surface area contributed by atoms with Crippen molar-refractivity contribution in [2.75, 3.05) is 6.54 Å². The number of thiophene rings is 1. The summed E-state index contributed by atoms with van der Waals surface area (Å²) < 4.78 is 12.8. The molecule has 2 rings (SSSR count). The molecule has 0 saturated heterocycles. The molecule has 4 heteroatoms. The Morgan fingerprint density at radius 2 is 2.00 bits per heavy atom. The maximum atomic E-state index is 12.8. The molecule has 0 bridgehead atoms. The van der Waals surface area contributed by atoms with E-state index in [1.54, 1.807) is 23.5 Å². The summed E-state index contributed by atoms with van der Waals surface area (Å²) in [6, 6.07) is 10.1. The number of carbonyl (C=O) groups excluding carboxylic acids is 1. The van der Waals surface area contributed by atoms with Crippen LogP contribution in [-0.2, 0) is 17.8 Å². The van der Waals surface area contributed by atoms with Crippen LogP contribution in [-0.4, -0.2) is 17.4 Å². The standard InChI is InChI=1S/C15H16FNOS/c1-2-17(11-14-4-3-9-19-14)15(18)10-12-5-7-13(16)8-6-12/h3-9H,2,10-11H2,1H3. The van der Waals surface area contributed by atoms with E-state index >= 15 is 0 Å². The lowest BCUT2D eigenvalue weighted by molar-refractivity contribution is -0.130. The molecule has 1 amide bonds. The Labute approximate surface area is 116 Å². The average Bonchev–Trinajstić information content (AvgIpc) is 2.91. The normalized spacial score (nSPS) is 10.4. The zero-order valence-corrected chi connectivity index (χ0v) is 11.6. The highest BCUT2D eigenvalue weighted by molar-refractivity contribution is 7.09. The first-order valence-electron chi connectivity index (χ1n) is 6.23. The highest BCUT2D eigenvalue weighted by Gasteiger charge is 2.13. The van der Waals surface area contributed by atoms with Crippen LogP contribution in [0.4, 0.5) is 4.39 Å². The van der Waals surface area contributed by atoms with Crippen LogP contribution in [0.15, 0.2) is 41.8 Å². The molecule has 0 radical (unpaired) electrons. The van der Waals surface area contributed by atoms with Crippen molar-refractivity contribution >= 4 is 17.2 Å². The van der Waals surface area contributed by atoms with E-state index in [4.69, 9.17) is 0 Å². The van der Waals surface area contributed by atoms with Gasteiger partial charge in [-0.25, -0.2) is 4.39 Å². The molecule has 1 aromatic heterocycles. The largest absolute Gasteiger partial charge is 0.338 e. The second-order valence-corrected chi connectivity index (χ2v) is 5.32. The molecule has 0 fully saturated rings. The maximum Gasteiger partial charge on any atom is 0.227 e. The molecule has 0 spiro atoms. The highest BCUT2D eigenvalue weighted by atomic mass is 32.1. The van der Waals surface area contributed by atoms with Crippen LogP contribution in [0.3, 0.4) is 0 Å². The summed E-state index contributed by atoms with van der Waals surface area (Å²) in [4.78, 5) is 15.2. The minimum Gasteiger partial charge on any atom is -0.338 e. The van der Waals surface area contributed by atoms with Crippen molar-refractivity contribution in [3.8, 4) is 0 Å². The third kappa shape index (κ3) is 3.89. The van der Waals surface area contributed by atoms with E-state index in [0.29, 0.717) is 19.5 Å². The number of carbonyl (C=O) groups is 1. The van der Waals surface area contributed by atoms with Gasteiger partial charge >= 0.3 is 0 Å². The predicted molar refractivity (Wildman–Crippen MR) is 75.5 cm³/mol. The van der Waals surface area contributed by atoms with Crippen LogP contribution in [0.1, 0.15) is 17.4 Å². The fourth-order valence-corrected chi connectivity index (χ4v) is 2.58. The molecule has 0 N–H and O–H groups in total. The molecular weight excluding hydrogens is 261 g/mol. The molecule has 2 aromatic rings. The summed E-state index contributed by atoms with van der Waals surface area (Å²) in [5.41, 5.74) is 0.844. The molecule has 0 aliphatic heterocycles. The van der Waals surface area contributed by atoms with Gasteiger partial charge in [-0.05, 0) is 36.1 Å². The van der Waals surface area contributed by atoms with Gasteiger partial charge in [0.15, 0.2) is 0 Å². The van der Waals surface area contributed by atoms with E-state index in [9.17, 15) is 9.18 Å². The SMILES string of the molecule is CCN(Cc1cccs1)C(=O)Cc1ccc(F)cc1. The van der Waals surface area contributed by atoms with E-state index in [0.717, 1.165) is 5.56 Å². The molecule has 100 valence electrons. The van der Waals surface area contributed by atoms with Crippen molar-refractivity contribution in [3.05, 3.63) is 58.0 Å². The molecule has 0 unspecified atom stereocenters. The molecule has 0 aliphatic rings. The second kappa shape index (κ2) is 6.48. The minimum atomic E-state index is -0.276. The van der Waals surface area contributed by atoms with E-state index in [-0.39, 0.29) is 11.7 Å². The van der Waals surface area contributed by atoms with E-state index < -0.39 is 0 Å². The number of likely N-dealkylation sites (N-methyl/N-ethyl adjacent to an activating group) is 1. The Kier molecular flexibility index (Phi) is 4.68. The molecule has 1 heterocycles. The van der Waals surface area contributed by atoms with Gasteiger partial charge in [0.05, 0.1) is 13.0 Å². The Morgan fingerprint density at radius 3 is 2.58 bits per heavy atom. The Bertz CT molecular complexity index is 522. The van der Waals surface area contributed by atoms with Crippen LogP contribution < -0.4 is 0 Å². The molecular formula is C15H16FNOS. The number of hydrogen-bond acceptors (Lipinski definition) is 2. The zero-order chi connectivity index (χ0) is 13.7. The predicted octanol–water partition coefficient (Wildman–Crippen LogP) is 3.48.